The minimum Gasteiger partial charge on any atom is -0.341 e. The van der Waals surface area contributed by atoms with E-state index in [0.29, 0.717) is 13.0 Å². The average molecular weight is 205 g/mol. The van der Waals surface area contributed by atoms with Crippen LogP contribution >= 0.6 is 0 Å². The van der Waals surface area contributed by atoms with Gasteiger partial charge in [0.05, 0.1) is 17.1 Å². The van der Waals surface area contributed by atoms with Crippen LogP contribution in [0.2, 0.25) is 0 Å². The van der Waals surface area contributed by atoms with Crippen molar-refractivity contribution in [2.24, 2.45) is 0 Å². The zero-order valence-electron chi connectivity index (χ0n) is 8.20. The number of benzene rings is 1. The summed E-state index contributed by atoms with van der Waals surface area (Å²) < 4.78 is 13.0. The molecule has 78 valence electrons. The predicted octanol–water partition coefficient (Wildman–Crippen LogP) is 1.94. The van der Waals surface area contributed by atoms with Gasteiger partial charge in [-0.15, -0.1) is 0 Å². The number of hydrogen-bond acceptors (Lipinski definition) is 2. The Morgan fingerprint density at radius 2 is 2.20 bits per heavy atom. The second-order valence-electron chi connectivity index (χ2n) is 3.93. The lowest BCUT2D eigenvalue weighted by molar-refractivity contribution is 0.355. The van der Waals surface area contributed by atoms with Crippen molar-refractivity contribution in [1.29, 1.82) is 0 Å². The molecular weight excluding hydrogens is 193 g/mol. The van der Waals surface area contributed by atoms with Gasteiger partial charge in [0.1, 0.15) is 12.0 Å². The Labute approximate surface area is 86.7 Å². The molecule has 2 heterocycles. The van der Waals surface area contributed by atoms with Crippen LogP contribution in [-0.2, 0) is 0 Å². The molecule has 0 radical (unpaired) electrons. The monoisotopic (exact) mass is 205 g/mol. The molecule has 0 saturated carbocycles. The van der Waals surface area contributed by atoms with Crippen molar-refractivity contribution in [3.05, 3.63) is 30.1 Å². The SMILES string of the molecule is F[C@H]1CN[C@H](c2nc3ccccc3[nH]2)C1. The summed E-state index contributed by atoms with van der Waals surface area (Å²) in [6.45, 7) is 0.432. The van der Waals surface area contributed by atoms with Gasteiger partial charge in [-0.3, -0.25) is 0 Å². The number of H-pyrrole nitrogens is 1. The molecule has 0 amide bonds. The van der Waals surface area contributed by atoms with E-state index in [4.69, 9.17) is 0 Å². The number of aromatic amines is 1. The highest BCUT2D eigenvalue weighted by Gasteiger charge is 2.26. The molecule has 3 nitrogen and oxygen atoms in total. The number of para-hydroxylation sites is 2. The molecule has 0 spiro atoms. The molecule has 1 saturated heterocycles. The second kappa shape index (κ2) is 3.31. The van der Waals surface area contributed by atoms with Gasteiger partial charge in [-0.25, -0.2) is 9.37 Å². The third kappa shape index (κ3) is 1.51. The number of fused-ring (bicyclic) bond motifs is 1. The number of nitrogens with one attached hydrogen (secondary N) is 2. The van der Waals surface area contributed by atoms with E-state index in [1.165, 1.54) is 0 Å². The quantitative estimate of drug-likeness (QED) is 0.747. The van der Waals surface area contributed by atoms with Crippen molar-refractivity contribution in [3.63, 3.8) is 0 Å². The number of nitrogens with zero attached hydrogens (tertiary/aromatic N) is 1. The van der Waals surface area contributed by atoms with Crippen LogP contribution in [0.3, 0.4) is 0 Å². The van der Waals surface area contributed by atoms with E-state index >= 15 is 0 Å². The molecule has 1 aliphatic heterocycles. The van der Waals surface area contributed by atoms with Crippen LogP contribution in [0.15, 0.2) is 24.3 Å². The topological polar surface area (TPSA) is 40.7 Å². The van der Waals surface area contributed by atoms with Gasteiger partial charge in [-0.2, -0.15) is 0 Å². The molecular formula is C11H12FN3. The van der Waals surface area contributed by atoms with E-state index in [-0.39, 0.29) is 6.04 Å². The molecule has 2 atom stereocenters. The molecule has 1 aliphatic rings. The first-order valence-corrected chi connectivity index (χ1v) is 5.15. The summed E-state index contributed by atoms with van der Waals surface area (Å²) in [5, 5.41) is 3.11. The number of halogens is 1. The van der Waals surface area contributed by atoms with Gasteiger partial charge in [0.2, 0.25) is 0 Å². The van der Waals surface area contributed by atoms with Gasteiger partial charge in [0, 0.05) is 13.0 Å². The van der Waals surface area contributed by atoms with Crippen LogP contribution in [0, 0.1) is 0 Å². The summed E-state index contributed by atoms with van der Waals surface area (Å²) in [4.78, 5) is 7.66. The molecule has 0 bridgehead atoms. The number of rotatable bonds is 1. The van der Waals surface area contributed by atoms with Gasteiger partial charge < -0.3 is 10.3 Å². The second-order valence-corrected chi connectivity index (χ2v) is 3.93. The van der Waals surface area contributed by atoms with Gasteiger partial charge >= 0.3 is 0 Å². The number of imidazole rings is 1. The summed E-state index contributed by atoms with van der Waals surface area (Å²) in [6.07, 6.45) is -0.233. The third-order valence-corrected chi connectivity index (χ3v) is 2.81. The minimum absolute atomic E-state index is 0.0346. The maximum Gasteiger partial charge on any atom is 0.124 e. The van der Waals surface area contributed by atoms with Crippen LogP contribution in [0.25, 0.3) is 11.0 Å². The van der Waals surface area contributed by atoms with Crippen LogP contribution in [0.4, 0.5) is 4.39 Å². The fourth-order valence-corrected chi connectivity index (χ4v) is 2.04. The third-order valence-electron chi connectivity index (χ3n) is 2.81. The average Bonchev–Trinajstić information content (AvgIpc) is 2.82. The molecule has 1 aromatic carbocycles. The Bertz CT molecular complexity index is 446. The molecule has 1 fully saturated rings. The highest BCUT2D eigenvalue weighted by molar-refractivity contribution is 5.74. The standard InChI is InChI=1S/C11H12FN3/c12-7-5-10(13-6-7)11-14-8-3-1-2-4-9(8)15-11/h1-4,7,10,13H,5-6H2,(H,14,15)/t7-,10+/m1/s1. The smallest absolute Gasteiger partial charge is 0.124 e. The Kier molecular flexibility index (Phi) is 1.95. The predicted molar refractivity (Wildman–Crippen MR) is 56.4 cm³/mol. The van der Waals surface area contributed by atoms with Gasteiger partial charge in [0.15, 0.2) is 0 Å². The van der Waals surface area contributed by atoms with E-state index < -0.39 is 6.17 Å². The van der Waals surface area contributed by atoms with Crippen LogP contribution in [0.5, 0.6) is 0 Å². The highest BCUT2D eigenvalue weighted by atomic mass is 19.1. The normalized spacial score (nSPS) is 26.2. The lowest BCUT2D eigenvalue weighted by atomic mass is 10.2. The van der Waals surface area contributed by atoms with E-state index in [1.54, 1.807) is 0 Å². The maximum absolute atomic E-state index is 13.0. The van der Waals surface area contributed by atoms with Crippen molar-refractivity contribution >= 4 is 11.0 Å². The number of hydrogen-bond donors (Lipinski definition) is 2. The Balaban J connectivity index is 1.98. The molecule has 0 aliphatic carbocycles. The Morgan fingerprint density at radius 1 is 1.33 bits per heavy atom. The zero-order valence-corrected chi connectivity index (χ0v) is 8.20. The lowest BCUT2D eigenvalue weighted by Crippen LogP contribution is -2.14. The molecule has 15 heavy (non-hydrogen) atoms. The van der Waals surface area contributed by atoms with E-state index in [0.717, 1.165) is 16.9 Å². The van der Waals surface area contributed by atoms with Gasteiger partial charge in [0.25, 0.3) is 0 Å². The summed E-state index contributed by atoms with van der Waals surface area (Å²) in [7, 11) is 0. The largest absolute Gasteiger partial charge is 0.341 e. The minimum atomic E-state index is -0.747. The lowest BCUT2D eigenvalue weighted by Gasteiger charge is -2.04. The van der Waals surface area contributed by atoms with Crippen molar-refractivity contribution < 1.29 is 4.39 Å². The number of aromatic nitrogens is 2. The molecule has 1 aromatic heterocycles. The summed E-state index contributed by atoms with van der Waals surface area (Å²) >= 11 is 0. The zero-order chi connectivity index (χ0) is 10.3. The highest BCUT2D eigenvalue weighted by Crippen LogP contribution is 2.24. The molecule has 2 N–H and O–H groups in total. The molecule has 4 heteroatoms. The maximum atomic E-state index is 13.0. The molecule has 0 unspecified atom stereocenters. The molecule has 2 aromatic rings. The van der Waals surface area contributed by atoms with Crippen LogP contribution in [-0.4, -0.2) is 22.7 Å². The first-order valence-electron chi connectivity index (χ1n) is 5.15. The fourth-order valence-electron chi connectivity index (χ4n) is 2.04. The van der Waals surface area contributed by atoms with Crippen molar-refractivity contribution in [3.8, 4) is 0 Å². The fraction of sp³-hybridized carbons (Fsp3) is 0.364. The van der Waals surface area contributed by atoms with Crippen LogP contribution < -0.4 is 5.32 Å². The van der Waals surface area contributed by atoms with Crippen molar-refractivity contribution in [1.82, 2.24) is 15.3 Å². The summed E-state index contributed by atoms with van der Waals surface area (Å²) in [5.74, 6) is 0.844. The van der Waals surface area contributed by atoms with Crippen molar-refractivity contribution in [2.75, 3.05) is 6.54 Å². The van der Waals surface area contributed by atoms with Gasteiger partial charge in [-0.05, 0) is 12.1 Å². The van der Waals surface area contributed by atoms with E-state index in [2.05, 4.69) is 15.3 Å². The molecule has 3 rings (SSSR count). The Morgan fingerprint density at radius 3 is 2.93 bits per heavy atom. The van der Waals surface area contributed by atoms with Gasteiger partial charge in [-0.1, -0.05) is 12.1 Å². The summed E-state index contributed by atoms with van der Waals surface area (Å²) in [5.41, 5.74) is 1.95. The van der Waals surface area contributed by atoms with E-state index in [1.807, 2.05) is 24.3 Å². The first kappa shape index (κ1) is 8.85. The first-order chi connectivity index (χ1) is 7.33. The summed E-state index contributed by atoms with van der Waals surface area (Å²) in [6, 6.07) is 7.88. The van der Waals surface area contributed by atoms with E-state index in [9.17, 15) is 4.39 Å². The van der Waals surface area contributed by atoms with Crippen molar-refractivity contribution in [2.45, 2.75) is 18.6 Å². The number of alkyl halides is 1. The Hall–Kier alpha value is -1.42. The van der Waals surface area contributed by atoms with Crippen LogP contribution in [0.1, 0.15) is 18.3 Å².